The average Bonchev–Trinajstić information content (AvgIpc) is 2.89. The minimum Gasteiger partial charge on any atom is -0.493 e. The predicted molar refractivity (Wildman–Crippen MR) is 110 cm³/mol. The highest BCUT2D eigenvalue weighted by atomic mass is 79.9. The van der Waals surface area contributed by atoms with Crippen molar-refractivity contribution in [2.24, 2.45) is 17.3 Å². The van der Waals surface area contributed by atoms with Crippen LogP contribution in [0.15, 0.2) is 63.2 Å². The molecule has 0 aliphatic heterocycles. The fraction of sp³-hybridized carbons (Fsp3) is 0.167. The molecule has 0 aliphatic carbocycles. The zero-order valence-electron chi connectivity index (χ0n) is 15.1. The van der Waals surface area contributed by atoms with Gasteiger partial charge in [0.25, 0.3) is 5.91 Å². The van der Waals surface area contributed by atoms with Crippen molar-refractivity contribution >= 4 is 54.1 Å². The molecule has 0 fully saturated rings. The number of aromatic nitrogens is 1. The van der Waals surface area contributed by atoms with E-state index in [0.29, 0.717) is 11.1 Å². The summed E-state index contributed by atoms with van der Waals surface area (Å²) in [7, 11) is -2.04. The normalized spacial score (nSPS) is 12.0. The summed E-state index contributed by atoms with van der Waals surface area (Å²) in [6.45, 7) is -0.504. The van der Waals surface area contributed by atoms with Gasteiger partial charge in [-0.2, -0.15) is 0 Å². The molecule has 10 heteroatoms. The van der Waals surface area contributed by atoms with Crippen LogP contribution in [0.4, 0.5) is 11.4 Å². The summed E-state index contributed by atoms with van der Waals surface area (Å²) >= 11 is 3.28. The van der Waals surface area contributed by atoms with E-state index in [1.165, 1.54) is 4.57 Å². The summed E-state index contributed by atoms with van der Waals surface area (Å²) in [6, 6.07) is 13.6. The molecule has 3 rings (SSSR count). The van der Waals surface area contributed by atoms with Crippen molar-refractivity contribution < 1.29 is 18.3 Å². The third kappa shape index (κ3) is 4.07. The number of anilines is 1. The number of carbonyl (C=O) groups is 1. The van der Waals surface area contributed by atoms with Gasteiger partial charge < -0.3 is 9.67 Å². The van der Waals surface area contributed by atoms with Gasteiger partial charge in [0.05, 0.1) is 17.5 Å². The SMILES string of the molecule is Cn1c(O)c(N=NC(=O)CN(c2ccc(Br)cc2)S(C)(=O)=O)c2ccccc21. The lowest BCUT2D eigenvalue weighted by atomic mass is 10.2. The second-order valence-corrected chi connectivity index (χ2v) is 8.91. The first-order chi connectivity index (χ1) is 13.2. The van der Waals surface area contributed by atoms with Crippen LogP contribution in [0, 0.1) is 0 Å². The van der Waals surface area contributed by atoms with E-state index in [2.05, 4.69) is 26.2 Å². The zero-order chi connectivity index (χ0) is 20.5. The zero-order valence-corrected chi connectivity index (χ0v) is 17.5. The number of rotatable bonds is 5. The molecule has 0 atom stereocenters. The van der Waals surface area contributed by atoms with Gasteiger partial charge in [-0.05, 0) is 30.3 Å². The van der Waals surface area contributed by atoms with Crippen LogP contribution < -0.4 is 4.31 Å². The lowest BCUT2D eigenvalue weighted by molar-refractivity contribution is -0.116. The maximum absolute atomic E-state index is 12.3. The van der Waals surface area contributed by atoms with Gasteiger partial charge in [-0.25, -0.2) is 8.42 Å². The van der Waals surface area contributed by atoms with Crippen molar-refractivity contribution in [3.05, 3.63) is 53.0 Å². The standard InChI is InChI=1S/C18H17BrN4O4S/c1-22-15-6-4-3-5-14(15)17(18(22)25)21-20-16(24)11-23(28(2,26)27)13-9-7-12(19)8-10-13/h3-10,25H,11H2,1-2H3. The monoisotopic (exact) mass is 464 g/mol. The Morgan fingerprint density at radius 3 is 2.46 bits per heavy atom. The van der Waals surface area contributed by atoms with Gasteiger partial charge in [-0.1, -0.05) is 34.1 Å². The highest BCUT2D eigenvalue weighted by Crippen LogP contribution is 2.37. The molecule has 1 heterocycles. The molecule has 0 bridgehead atoms. The Labute approximate surface area is 170 Å². The van der Waals surface area contributed by atoms with Gasteiger partial charge >= 0.3 is 0 Å². The number of halogens is 1. The van der Waals surface area contributed by atoms with E-state index in [1.807, 2.05) is 6.07 Å². The molecule has 0 unspecified atom stereocenters. The third-order valence-corrected chi connectivity index (χ3v) is 5.77. The second kappa shape index (κ2) is 7.72. The van der Waals surface area contributed by atoms with Gasteiger partial charge in [0.15, 0.2) is 5.69 Å². The number of azo groups is 1. The van der Waals surface area contributed by atoms with Gasteiger partial charge in [0, 0.05) is 16.9 Å². The Bertz CT molecular complexity index is 1170. The van der Waals surface area contributed by atoms with Gasteiger partial charge in [-0.15, -0.1) is 10.2 Å². The number of para-hydroxylation sites is 1. The molecule has 28 heavy (non-hydrogen) atoms. The van der Waals surface area contributed by atoms with Crippen LogP contribution in [-0.4, -0.2) is 36.8 Å². The molecule has 146 valence electrons. The number of hydrogen-bond donors (Lipinski definition) is 1. The minimum atomic E-state index is -3.71. The summed E-state index contributed by atoms with van der Waals surface area (Å²) in [5.41, 5.74) is 1.22. The number of fused-ring (bicyclic) bond motifs is 1. The van der Waals surface area contributed by atoms with Gasteiger partial charge in [-0.3, -0.25) is 9.10 Å². The number of carbonyl (C=O) groups excluding carboxylic acids is 1. The lowest BCUT2D eigenvalue weighted by Crippen LogP contribution is -2.34. The number of benzene rings is 2. The molecule has 1 aromatic heterocycles. The predicted octanol–water partition coefficient (Wildman–Crippen LogP) is 3.72. The van der Waals surface area contributed by atoms with Crippen LogP contribution in [0.3, 0.4) is 0 Å². The molecule has 0 saturated carbocycles. The van der Waals surface area contributed by atoms with E-state index >= 15 is 0 Å². The smallest absolute Gasteiger partial charge is 0.285 e. The Hall–Kier alpha value is -2.72. The molecule has 0 saturated heterocycles. The highest BCUT2D eigenvalue weighted by molar-refractivity contribution is 9.10. The van der Waals surface area contributed by atoms with E-state index < -0.39 is 22.5 Å². The number of sulfonamides is 1. The van der Waals surface area contributed by atoms with Crippen LogP contribution in [0.25, 0.3) is 10.9 Å². The summed E-state index contributed by atoms with van der Waals surface area (Å²) < 4.78 is 27.5. The molecule has 0 radical (unpaired) electrons. The maximum Gasteiger partial charge on any atom is 0.285 e. The average molecular weight is 465 g/mol. The number of hydrogen-bond acceptors (Lipinski definition) is 5. The van der Waals surface area contributed by atoms with E-state index in [0.717, 1.165) is 20.6 Å². The second-order valence-electron chi connectivity index (χ2n) is 6.09. The highest BCUT2D eigenvalue weighted by Gasteiger charge is 2.21. The fourth-order valence-corrected chi connectivity index (χ4v) is 3.84. The number of nitrogens with zero attached hydrogens (tertiary/aromatic N) is 4. The van der Waals surface area contributed by atoms with Crippen LogP contribution in [-0.2, 0) is 21.9 Å². The van der Waals surface area contributed by atoms with Crippen molar-refractivity contribution in [2.75, 3.05) is 17.1 Å². The van der Waals surface area contributed by atoms with Crippen LogP contribution in [0.2, 0.25) is 0 Å². The van der Waals surface area contributed by atoms with Crippen molar-refractivity contribution in [3.63, 3.8) is 0 Å². The van der Waals surface area contributed by atoms with E-state index in [9.17, 15) is 18.3 Å². The Morgan fingerprint density at radius 1 is 1.18 bits per heavy atom. The molecular weight excluding hydrogens is 448 g/mol. The summed E-state index contributed by atoms with van der Waals surface area (Å²) in [5.74, 6) is -0.897. The first-order valence-electron chi connectivity index (χ1n) is 8.12. The molecule has 1 N–H and O–H groups in total. The maximum atomic E-state index is 12.3. The summed E-state index contributed by atoms with van der Waals surface area (Å²) in [4.78, 5) is 12.3. The van der Waals surface area contributed by atoms with Crippen molar-refractivity contribution in [1.29, 1.82) is 0 Å². The Kier molecular flexibility index (Phi) is 5.52. The first kappa shape index (κ1) is 20.0. The van der Waals surface area contributed by atoms with Crippen molar-refractivity contribution in [3.8, 4) is 5.88 Å². The first-order valence-corrected chi connectivity index (χ1v) is 10.8. The fourth-order valence-electron chi connectivity index (χ4n) is 2.73. The van der Waals surface area contributed by atoms with Crippen LogP contribution in [0.5, 0.6) is 5.88 Å². The quantitative estimate of drug-likeness (QED) is 0.580. The molecule has 2 aromatic carbocycles. The largest absolute Gasteiger partial charge is 0.493 e. The molecule has 0 spiro atoms. The Balaban J connectivity index is 1.88. The van der Waals surface area contributed by atoms with Gasteiger partial charge in [0.1, 0.15) is 6.54 Å². The van der Waals surface area contributed by atoms with E-state index in [1.54, 1.807) is 49.5 Å². The van der Waals surface area contributed by atoms with Crippen LogP contribution >= 0.6 is 15.9 Å². The number of aromatic hydroxyl groups is 1. The van der Waals surface area contributed by atoms with E-state index in [-0.39, 0.29) is 11.6 Å². The molecule has 8 nitrogen and oxygen atoms in total. The van der Waals surface area contributed by atoms with Gasteiger partial charge in [0.2, 0.25) is 15.9 Å². The molecule has 1 amide bonds. The Morgan fingerprint density at radius 2 is 1.82 bits per heavy atom. The van der Waals surface area contributed by atoms with Crippen molar-refractivity contribution in [2.45, 2.75) is 0 Å². The number of aryl methyl sites for hydroxylation is 1. The van der Waals surface area contributed by atoms with E-state index in [4.69, 9.17) is 0 Å². The van der Waals surface area contributed by atoms with Crippen LogP contribution in [0.1, 0.15) is 0 Å². The lowest BCUT2D eigenvalue weighted by Gasteiger charge is -2.20. The summed E-state index contributed by atoms with van der Waals surface area (Å²) in [5, 5.41) is 18.4. The molecule has 0 aliphatic rings. The molecule has 3 aromatic rings. The van der Waals surface area contributed by atoms with Crippen molar-refractivity contribution in [1.82, 2.24) is 4.57 Å². The minimum absolute atomic E-state index is 0.134. The number of amides is 1. The summed E-state index contributed by atoms with van der Waals surface area (Å²) in [6.07, 6.45) is 1.01. The molecular formula is C18H17BrN4O4S. The third-order valence-electron chi connectivity index (χ3n) is 4.11. The topological polar surface area (TPSA) is 104 Å².